The number of hydrogen-bond donors (Lipinski definition) is 1. The third-order valence-corrected chi connectivity index (χ3v) is 2.54. The number of esters is 1. The summed E-state index contributed by atoms with van der Waals surface area (Å²) < 4.78 is 4.48. The first-order valence-electron chi connectivity index (χ1n) is 4.46. The molecule has 14 heavy (non-hydrogen) atoms. The zero-order valence-electron chi connectivity index (χ0n) is 7.99. The molecule has 5 heteroatoms. The molecule has 0 bridgehead atoms. The number of nitrogens with two attached hydrogens (primary N) is 1. The molecule has 1 rings (SSSR count). The minimum absolute atomic E-state index is 0.158. The molecule has 1 saturated carbocycles. The average molecular weight is 199 g/mol. The number of ether oxygens (including phenoxy) is 1. The maximum Gasteiger partial charge on any atom is 0.316 e. The van der Waals surface area contributed by atoms with Crippen molar-refractivity contribution in [1.29, 1.82) is 0 Å². The van der Waals surface area contributed by atoms with Crippen molar-refractivity contribution in [2.45, 2.75) is 19.3 Å². The molecule has 0 aromatic rings. The van der Waals surface area contributed by atoms with Crippen LogP contribution in [0.2, 0.25) is 0 Å². The highest BCUT2D eigenvalue weighted by molar-refractivity contribution is 6.00. The molecular weight excluding hydrogens is 186 g/mol. The summed E-state index contributed by atoms with van der Waals surface area (Å²) in [6.07, 6.45) is 0.871. The third-order valence-electron chi connectivity index (χ3n) is 2.54. The second-order valence-corrected chi connectivity index (χ2v) is 3.42. The minimum atomic E-state index is -0.800. The van der Waals surface area contributed by atoms with Crippen LogP contribution >= 0.6 is 0 Å². The Morgan fingerprint density at radius 3 is 2.64 bits per heavy atom. The quantitative estimate of drug-likeness (QED) is 0.485. The highest BCUT2D eigenvalue weighted by atomic mass is 16.5. The van der Waals surface area contributed by atoms with Gasteiger partial charge in [0.2, 0.25) is 5.91 Å². The fraction of sp³-hybridized carbons (Fsp3) is 0.667. The maximum atomic E-state index is 11.3. The van der Waals surface area contributed by atoms with Crippen molar-refractivity contribution in [3.63, 3.8) is 0 Å². The van der Waals surface area contributed by atoms with Gasteiger partial charge in [-0.25, -0.2) is 0 Å². The zero-order valence-corrected chi connectivity index (χ0v) is 7.99. The molecule has 0 radical (unpaired) electrons. The second kappa shape index (κ2) is 4.21. The summed E-state index contributed by atoms with van der Waals surface area (Å²) in [4.78, 5) is 33.3. The lowest BCUT2D eigenvalue weighted by atomic mass is 9.80. The number of amides is 1. The Morgan fingerprint density at radius 2 is 2.14 bits per heavy atom. The van der Waals surface area contributed by atoms with Gasteiger partial charge in [0.1, 0.15) is 11.7 Å². The summed E-state index contributed by atoms with van der Waals surface area (Å²) in [6.45, 7) is 0. The SMILES string of the molecule is COC(=O)C1CC(C(N)=O)CCC1=O. The van der Waals surface area contributed by atoms with E-state index in [1.165, 1.54) is 7.11 Å². The van der Waals surface area contributed by atoms with Crippen LogP contribution in [0.15, 0.2) is 0 Å². The average Bonchev–Trinajstić information content (AvgIpc) is 2.17. The van der Waals surface area contributed by atoms with E-state index in [1.807, 2.05) is 0 Å². The van der Waals surface area contributed by atoms with E-state index in [0.29, 0.717) is 6.42 Å². The van der Waals surface area contributed by atoms with Gasteiger partial charge in [0.15, 0.2) is 0 Å². The lowest BCUT2D eigenvalue weighted by Crippen LogP contribution is -2.37. The number of methoxy groups -OCH3 is 1. The third kappa shape index (κ3) is 2.10. The summed E-state index contributed by atoms with van der Waals surface area (Å²) in [5.74, 6) is -2.36. The number of carbonyl (C=O) groups excluding carboxylic acids is 3. The van der Waals surface area contributed by atoms with Crippen molar-refractivity contribution in [1.82, 2.24) is 0 Å². The molecule has 2 unspecified atom stereocenters. The van der Waals surface area contributed by atoms with Crippen molar-refractivity contribution in [3.05, 3.63) is 0 Å². The van der Waals surface area contributed by atoms with Crippen LogP contribution in [-0.4, -0.2) is 24.8 Å². The normalized spacial score (nSPS) is 27.1. The van der Waals surface area contributed by atoms with E-state index in [4.69, 9.17) is 5.73 Å². The van der Waals surface area contributed by atoms with Crippen LogP contribution in [0.25, 0.3) is 0 Å². The molecule has 0 saturated heterocycles. The van der Waals surface area contributed by atoms with Crippen molar-refractivity contribution >= 4 is 17.7 Å². The summed E-state index contributed by atoms with van der Waals surface area (Å²) in [5.41, 5.74) is 5.11. The van der Waals surface area contributed by atoms with Crippen LogP contribution in [-0.2, 0) is 19.1 Å². The first-order chi connectivity index (χ1) is 6.56. The number of Topliss-reactive ketones (excluding diaryl/α,β-unsaturated/α-hetero) is 1. The smallest absolute Gasteiger partial charge is 0.316 e. The fourth-order valence-corrected chi connectivity index (χ4v) is 1.65. The molecule has 1 aliphatic carbocycles. The zero-order chi connectivity index (χ0) is 10.7. The number of rotatable bonds is 2. The van der Waals surface area contributed by atoms with E-state index in [9.17, 15) is 14.4 Å². The van der Waals surface area contributed by atoms with Crippen molar-refractivity contribution in [3.8, 4) is 0 Å². The molecule has 78 valence electrons. The molecule has 0 spiro atoms. The van der Waals surface area contributed by atoms with Crippen LogP contribution in [0.4, 0.5) is 0 Å². The highest BCUT2D eigenvalue weighted by Gasteiger charge is 2.36. The summed E-state index contributed by atoms with van der Waals surface area (Å²) in [7, 11) is 1.23. The van der Waals surface area contributed by atoms with Gasteiger partial charge in [-0.2, -0.15) is 0 Å². The van der Waals surface area contributed by atoms with Gasteiger partial charge in [-0.3, -0.25) is 14.4 Å². The summed E-state index contributed by atoms with van der Waals surface area (Å²) in [6, 6.07) is 0. The van der Waals surface area contributed by atoms with Gasteiger partial charge in [0, 0.05) is 12.3 Å². The van der Waals surface area contributed by atoms with Crippen molar-refractivity contribution in [2.75, 3.05) is 7.11 Å². The predicted octanol–water partition coefficient (Wildman–Crippen LogP) is -0.370. The van der Waals surface area contributed by atoms with E-state index in [1.54, 1.807) is 0 Å². The van der Waals surface area contributed by atoms with Crippen LogP contribution < -0.4 is 5.73 Å². The second-order valence-electron chi connectivity index (χ2n) is 3.42. The van der Waals surface area contributed by atoms with Gasteiger partial charge in [-0.1, -0.05) is 0 Å². The standard InChI is InChI=1S/C9H13NO4/c1-14-9(13)6-4-5(8(10)12)2-3-7(6)11/h5-6H,2-4H2,1H3,(H2,10,12). The summed E-state index contributed by atoms with van der Waals surface area (Å²) >= 11 is 0. The van der Waals surface area contributed by atoms with Gasteiger partial charge in [-0.05, 0) is 12.8 Å². The largest absolute Gasteiger partial charge is 0.468 e. The van der Waals surface area contributed by atoms with Crippen molar-refractivity contribution < 1.29 is 19.1 Å². The van der Waals surface area contributed by atoms with Crippen LogP contribution in [0.3, 0.4) is 0 Å². The van der Waals surface area contributed by atoms with E-state index in [0.717, 1.165) is 0 Å². The Labute approximate surface area is 81.6 Å². The van der Waals surface area contributed by atoms with E-state index in [-0.39, 0.29) is 24.5 Å². The Bertz CT molecular complexity index is 266. The molecule has 0 heterocycles. The lowest BCUT2D eigenvalue weighted by Gasteiger charge is -2.23. The van der Waals surface area contributed by atoms with E-state index >= 15 is 0 Å². The number of primary amides is 1. The molecule has 0 aromatic heterocycles. The molecule has 0 aromatic carbocycles. The maximum absolute atomic E-state index is 11.3. The molecular formula is C9H13NO4. The Kier molecular flexibility index (Phi) is 3.22. The first-order valence-corrected chi connectivity index (χ1v) is 4.46. The van der Waals surface area contributed by atoms with Gasteiger partial charge in [-0.15, -0.1) is 0 Å². The van der Waals surface area contributed by atoms with Crippen LogP contribution in [0.5, 0.6) is 0 Å². The topological polar surface area (TPSA) is 86.5 Å². The molecule has 2 N–H and O–H groups in total. The van der Waals surface area contributed by atoms with Crippen molar-refractivity contribution in [2.24, 2.45) is 17.6 Å². The monoisotopic (exact) mass is 199 g/mol. The highest BCUT2D eigenvalue weighted by Crippen LogP contribution is 2.26. The number of carbonyl (C=O) groups is 3. The minimum Gasteiger partial charge on any atom is -0.468 e. The van der Waals surface area contributed by atoms with E-state index in [2.05, 4.69) is 4.74 Å². The first kappa shape index (κ1) is 10.7. The number of ketones is 1. The Balaban J connectivity index is 2.69. The Hall–Kier alpha value is -1.39. The molecule has 5 nitrogen and oxygen atoms in total. The Morgan fingerprint density at radius 1 is 1.50 bits per heavy atom. The van der Waals surface area contributed by atoms with Gasteiger partial charge >= 0.3 is 5.97 Å². The fourth-order valence-electron chi connectivity index (χ4n) is 1.65. The van der Waals surface area contributed by atoms with E-state index < -0.39 is 17.8 Å². The van der Waals surface area contributed by atoms with Crippen LogP contribution in [0, 0.1) is 11.8 Å². The van der Waals surface area contributed by atoms with Gasteiger partial charge in [0.25, 0.3) is 0 Å². The summed E-state index contributed by atoms with van der Waals surface area (Å²) in [5, 5.41) is 0. The van der Waals surface area contributed by atoms with Gasteiger partial charge < -0.3 is 10.5 Å². The molecule has 2 atom stereocenters. The molecule has 1 aliphatic rings. The van der Waals surface area contributed by atoms with Gasteiger partial charge in [0.05, 0.1) is 7.11 Å². The molecule has 0 aliphatic heterocycles. The number of hydrogen-bond acceptors (Lipinski definition) is 4. The molecule has 1 fully saturated rings. The predicted molar refractivity (Wildman–Crippen MR) is 47.0 cm³/mol. The molecule has 1 amide bonds. The lowest BCUT2D eigenvalue weighted by molar-refractivity contribution is -0.151. The van der Waals surface area contributed by atoms with Crippen LogP contribution in [0.1, 0.15) is 19.3 Å².